The maximum Gasteiger partial charge on any atom is 0.303 e. The molecule has 0 aromatic rings. The Kier molecular flexibility index (Phi) is 9.19. The van der Waals surface area contributed by atoms with Crippen LogP contribution in [0.3, 0.4) is 0 Å². The monoisotopic (exact) mass is 394 g/mol. The average molecular weight is 395 g/mol. The Bertz CT molecular complexity index is 519. The van der Waals surface area contributed by atoms with Gasteiger partial charge in [0.15, 0.2) is 0 Å². The van der Waals surface area contributed by atoms with E-state index in [-0.39, 0.29) is 12.8 Å². The van der Waals surface area contributed by atoms with Crippen LogP contribution in [0.15, 0.2) is 24.3 Å². The van der Waals surface area contributed by atoms with Gasteiger partial charge < -0.3 is 20.4 Å². The van der Waals surface area contributed by atoms with Crippen molar-refractivity contribution in [3.05, 3.63) is 24.3 Å². The van der Waals surface area contributed by atoms with Crippen LogP contribution in [0.4, 0.5) is 0 Å². The van der Waals surface area contributed by atoms with Crippen LogP contribution in [0.1, 0.15) is 51.4 Å². The lowest BCUT2D eigenvalue weighted by molar-refractivity contribution is -0.139. The lowest BCUT2D eigenvalue weighted by atomic mass is 9.95. The highest BCUT2D eigenvalue weighted by Crippen LogP contribution is 2.43. The van der Waals surface area contributed by atoms with Crippen molar-refractivity contribution in [1.82, 2.24) is 0 Å². The average Bonchev–Trinajstić information content (AvgIpc) is 3.46. The molecule has 2 saturated carbocycles. The zero-order chi connectivity index (χ0) is 20.5. The summed E-state index contributed by atoms with van der Waals surface area (Å²) in [4.78, 5) is 19.8. The molecule has 6 nitrogen and oxygen atoms in total. The molecule has 0 spiro atoms. The van der Waals surface area contributed by atoms with Crippen LogP contribution in [-0.2, 0) is 9.59 Å². The highest BCUT2D eigenvalue weighted by atomic mass is 16.4. The Morgan fingerprint density at radius 2 is 1.07 bits per heavy atom. The minimum atomic E-state index is -0.870. The van der Waals surface area contributed by atoms with Crippen molar-refractivity contribution in [1.29, 1.82) is 0 Å². The quantitative estimate of drug-likeness (QED) is 0.390. The SMILES string of the molecule is O=C(O)CCCCC(=O)O.OCC1CC2C=CC1C2.OCC1CC2C=CC1C2. The number of unbranched alkanes of at least 4 members (excludes halogenated alkanes) is 1. The Hall–Kier alpha value is -1.66. The van der Waals surface area contributed by atoms with Crippen LogP contribution in [0.2, 0.25) is 0 Å². The van der Waals surface area contributed by atoms with Gasteiger partial charge in [0.2, 0.25) is 0 Å². The molecule has 0 heterocycles. The Balaban J connectivity index is 0.000000150. The molecule has 6 atom stereocenters. The van der Waals surface area contributed by atoms with Gasteiger partial charge in [-0.05, 0) is 74.0 Å². The van der Waals surface area contributed by atoms with Gasteiger partial charge in [-0.1, -0.05) is 24.3 Å². The Morgan fingerprint density at radius 3 is 1.25 bits per heavy atom. The van der Waals surface area contributed by atoms with Crippen LogP contribution < -0.4 is 0 Å². The molecule has 0 aromatic heterocycles. The van der Waals surface area contributed by atoms with E-state index in [9.17, 15) is 9.59 Å². The smallest absolute Gasteiger partial charge is 0.303 e. The highest BCUT2D eigenvalue weighted by molar-refractivity contribution is 5.67. The Labute approximate surface area is 167 Å². The molecule has 4 bridgehead atoms. The molecule has 0 radical (unpaired) electrons. The summed E-state index contributed by atoms with van der Waals surface area (Å²) in [5.41, 5.74) is 0. The molecule has 6 unspecified atom stereocenters. The topological polar surface area (TPSA) is 115 Å². The molecule has 4 N–H and O–H groups in total. The zero-order valence-electron chi connectivity index (χ0n) is 16.4. The van der Waals surface area contributed by atoms with E-state index in [4.69, 9.17) is 20.4 Å². The van der Waals surface area contributed by atoms with E-state index in [1.54, 1.807) is 0 Å². The third-order valence-corrected chi connectivity index (χ3v) is 6.33. The largest absolute Gasteiger partial charge is 0.481 e. The number of hydrogen-bond donors (Lipinski definition) is 4. The normalized spacial score (nSPS) is 33.2. The second-order valence-corrected chi connectivity index (χ2v) is 8.44. The highest BCUT2D eigenvalue weighted by Gasteiger charge is 2.35. The fourth-order valence-electron chi connectivity index (χ4n) is 4.76. The number of fused-ring (bicyclic) bond motifs is 4. The molecule has 0 aromatic carbocycles. The minimum absolute atomic E-state index is 0.0628. The summed E-state index contributed by atoms with van der Waals surface area (Å²) >= 11 is 0. The molecule has 4 aliphatic rings. The minimum Gasteiger partial charge on any atom is -0.481 e. The summed E-state index contributed by atoms with van der Waals surface area (Å²) in [6, 6.07) is 0. The Morgan fingerprint density at radius 1 is 0.679 bits per heavy atom. The van der Waals surface area contributed by atoms with Gasteiger partial charge in [-0.2, -0.15) is 0 Å². The van der Waals surface area contributed by atoms with E-state index < -0.39 is 11.9 Å². The molecule has 0 saturated heterocycles. The van der Waals surface area contributed by atoms with Crippen LogP contribution in [0.5, 0.6) is 0 Å². The van der Waals surface area contributed by atoms with Gasteiger partial charge in [0, 0.05) is 26.1 Å². The summed E-state index contributed by atoms with van der Waals surface area (Å²) < 4.78 is 0. The van der Waals surface area contributed by atoms with Gasteiger partial charge in [0.25, 0.3) is 0 Å². The number of carboxylic acids is 2. The second kappa shape index (κ2) is 11.4. The number of aliphatic hydroxyl groups excluding tert-OH is 2. The standard InChI is InChI=1S/2C8H12O.C6H10O4/c2*9-5-8-4-6-1-2-7(8)3-6;7-5(8)3-1-2-4-6(9)10/h2*1-2,6-9H,3-5H2;1-4H2,(H,7,8)(H,9,10). The maximum absolute atomic E-state index is 9.90. The molecule has 0 aliphatic heterocycles. The first-order valence-electron chi connectivity index (χ1n) is 10.4. The van der Waals surface area contributed by atoms with Crippen molar-refractivity contribution in [2.75, 3.05) is 13.2 Å². The summed E-state index contributed by atoms with van der Waals surface area (Å²) in [5.74, 6) is 2.52. The van der Waals surface area contributed by atoms with Crippen LogP contribution >= 0.6 is 0 Å². The summed E-state index contributed by atoms with van der Waals surface area (Å²) in [6.07, 6.45) is 15.3. The zero-order valence-corrected chi connectivity index (χ0v) is 16.4. The molecule has 2 fully saturated rings. The first-order valence-corrected chi connectivity index (χ1v) is 10.4. The lowest BCUT2D eigenvalue weighted by Crippen LogP contribution is -2.10. The van der Waals surface area contributed by atoms with Crippen molar-refractivity contribution in [2.24, 2.45) is 35.5 Å². The number of carboxylic acid groups (broad SMARTS) is 2. The summed E-state index contributed by atoms with van der Waals surface area (Å²) in [6.45, 7) is 0.789. The van der Waals surface area contributed by atoms with Gasteiger partial charge in [-0.25, -0.2) is 0 Å². The van der Waals surface area contributed by atoms with Gasteiger partial charge in [0.05, 0.1) is 0 Å². The van der Waals surface area contributed by atoms with Gasteiger partial charge in [-0.15, -0.1) is 0 Å². The van der Waals surface area contributed by atoms with E-state index in [0.717, 1.165) is 23.7 Å². The summed E-state index contributed by atoms with van der Waals surface area (Å²) in [7, 11) is 0. The van der Waals surface area contributed by atoms with E-state index in [1.807, 2.05) is 0 Å². The van der Waals surface area contributed by atoms with Crippen molar-refractivity contribution in [3.8, 4) is 0 Å². The fourth-order valence-corrected chi connectivity index (χ4v) is 4.76. The molecular weight excluding hydrogens is 360 g/mol. The number of aliphatic carboxylic acids is 2. The molecule has 158 valence electrons. The second-order valence-electron chi connectivity index (χ2n) is 8.44. The van der Waals surface area contributed by atoms with Crippen molar-refractivity contribution < 1.29 is 30.0 Å². The first-order chi connectivity index (χ1) is 13.4. The third-order valence-electron chi connectivity index (χ3n) is 6.33. The number of carbonyl (C=O) groups is 2. The molecular formula is C22H34O6. The predicted octanol–water partition coefficient (Wildman–Crippen LogP) is 3.10. The van der Waals surface area contributed by atoms with E-state index in [0.29, 0.717) is 37.9 Å². The first kappa shape index (κ1) is 22.6. The van der Waals surface area contributed by atoms with Crippen molar-refractivity contribution >= 4 is 11.9 Å². The maximum atomic E-state index is 9.90. The summed E-state index contributed by atoms with van der Waals surface area (Å²) in [5, 5.41) is 34.0. The van der Waals surface area contributed by atoms with E-state index in [2.05, 4.69) is 24.3 Å². The van der Waals surface area contributed by atoms with Gasteiger partial charge in [0.1, 0.15) is 0 Å². The molecule has 0 amide bonds. The van der Waals surface area contributed by atoms with E-state index >= 15 is 0 Å². The van der Waals surface area contributed by atoms with Crippen molar-refractivity contribution in [3.63, 3.8) is 0 Å². The number of aliphatic hydroxyl groups is 2. The molecule has 6 heteroatoms. The molecule has 4 aliphatic carbocycles. The lowest BCUT2D eigenvalue weighted by Gasteiger charge is -2.13. The fraction of sp³-hybridized carbons (Fsp3) is 0.727. The number of allylic oxidation sites excluding steroid dienone is 4. The molecule has 4 rings (SSSR count). The predicted molar refractivity (Wildman–Crippen MR) is 106 cm³/mol. The number of rotatable bonds is 7. The van der Waals surface area contributed by atoms with Gasteiger partial charge >= 0.3 is 11.9 Å². The van der Waals surface area contributed by atoms with Gasteiger partial charge in [-0.3, -0.25) is 9.59 Å². The van der Waals surface area contributed by atoms with Crippen molar-refractivity contribution in [2.45, 2.75) is 51.4 Å². The van der Waals surface area contributed by atoms with Crippen LogP contribution in [-0.4, -0.2) is 45.6 Å². The van der Waals surface area contributed by atoms with E-state index in [1.165, 1.54) is 25.7 Å². The third kappa shape index (κ3) is 7.06. The number of hydrogen-bond acceptors (Lipinski definition) is 4. The van der Waals surface area contributed by atoms with Crippen LogP contribution in [0.25, 0.3) is 0 Å². The molecule has 28 heavy (non-hydrogen) atoms. The van der Waals surface area contributed by atoms with Crippen LogP contribution in [0, 0.1) is 35.5 Å².